The zero-order chi connectivity index (χ0) is 19.3. The summed E-state index contributed by atoms with van der Waals surface area (Å²) in [6, 6.07) is 7.87. The van der Waals surface area contributed by atoms with Gasteiger partial charge in [-0.3, -0.25) is 4.79 Å². The number of amides is 1. The monoisotopic (exact) mass is 379 g/mol. The molecule has 1 aliphatic rings. The largest absolute Gasteiger partial charge is 0.353 e. The Hall–Kier alpha value is -3.62. The highest BCUT2D eigenvalue weighted by Crippen LogP contribution is 2.16. The Labute approximate surface area is 161 Å². The molecule has 1 amide bonds. The molecule has 142 valence electrons. The first-order valence-corrected chi connectivity index (χ1v) is 8.83. The summed E-state index contributed by atoms with van der Waals surface area (Å²) in [5, 5.41) is 4.07. The Kier molecular flexibility index (Phi) is 5.05. The lowest BCUT2D eigenvalue weighted by atomic mass is 10.2. The second-order valence-corrected chi connectivity index (χ2v) is 6.27. The Balaban J connectivity index is 1.36. The molecule has 1 fully saturated rings. The van der Waals surface area contributed by atoms with Crippen molar-refractivity contribution >= 4 is 17.8 Å². The van der Waals surface area contributed by atoms with Crippen molar-refractivity contribution in [1.29, 1.82) is 0 Å². The van der Waals surface area contributed by atoms with Crippen LogP contribution in [-0.4, -0.2) is 61.7 Å². The molecule has 0 unspecified atom stereocenters. The first-order chi connectivity index (χ1) is 13.7. The second kappa shape index (κ2) is 7.95. The highest BCUT2D eigenvalue weighted by Gasteiger charge is 2.21. The van der Waals surface area contributed by atoms with Crippen LogP contribution in [0.3, 0.4) is 0 Å². The van der Waals surface area contributed by atoms with Gasteiger partial charge in [-0.1, -0.05) is 12.1 Å². The molecule has 0 bridgehead atoms. The van der Waals surface area contributed by atoms with Crippen LogP contribution in [0.1, 0.15) is 5.56 Å². The van der Waals surface area contributed by atoms with Crippen LogP contribution in [0, 0.1) is 5.82 Å². The zero-order valence-electron chi connectivity index (χ0n) is 15.0. The van der Waals surface area contributed by atoms with Gasteiger partial charge in [0.1, 0.15) is 30.6 Å². The first kappa shape index (κ1) is 17.8. The van der Waals surface area contributed by atoms with Gasteiger partial charge in [-0.25, -0.2) is 24.0 Å². The minimum absolute atomic E-state index is 0.0602. The average Bonchev–Trinajstić information content (AvgIpc) is 3.28. The molecule has 3 aromatic rings. The summed E-state index contributed by atoms with van der Waals surface area (Å²) in [5.74, 6) is 1.07. The van der Waals surface area contributed by atoms with Crippen molar-refractivity contribution in [2.24, 2.45) is 0 Å². The normalized spacial score (nSPS) is 14.6. The van der Waals surface area contributed by atoms with Gasteiger partial charge in [-0.05, 0) is 23.8 Å². The predicted octanol–water partition coefficient (Wildman–Crippen LogP) is 1.56. The third-order valence-electron chi connectivity index (χ3n) is 4.50. The summed E-state index contributed by atoms with van der Waals surface area (Å²) in [6.07, 6.45) is 7.75. The molecular weight excluding hydrogens is 361 g/mol. The third kappa shape index (κ3) is 4.03. The predicted molar refractivity (Wildman–Crippen MR) is 101 cm³/mol. The Morgan fingerprint density at radius 1 is 1.00 bits per heavy atom. The number of nitrogens with zero attached hydrogens (tertiary/aromatic N) is 7. The molecule has 0 atom stereocenters. The molecule has 28 heavy (non-hydrogen) atoms. The number of rotatable bonds is 4. The number of carbonyl (C=O) groups excluding carboxylic acids is 1. The van der Waals surface area contributed by atoms with Gasteiger partial charge in [0.2, 0.25) is 5.91 Å². The summed E-state index contributed by atoms with van der Waals surface area (Å²) in [7, 11) is 0. The van der Waals surface area contributed by atoms with Crippen molar-refractivity contribution in [3.8, 4) is 5.82 Å². The molecule has 0 N–H and O–H groups in total. The third-order valence-corrected chi connectivity index (χ3v) is 4.50. The van der Waals surface area contributed by atoms with Crippen molar-refractivity contribution in [2.45, 2.75) is 0 Å². The molecule has 9 heteroatoms. The van der Waals surface area contributed by atoms with Gasteiger partial charge in [0, 0.05) is 38.3 Å². The fourth-order valence-corrected chi connectivity index (χ4v) is 2.96. The van der Waals surface area contributed by atoms with E-state index in [-0.39, 0.29) is 11.7 Å². The van der Waals surface area contributed by atoms with Crippen LogP contribution < -0.4 is 4.90 Å². The fourth-order valence-electron chi connectivity index (χ4n) is 2.96. The number of piperazine rings is 1. The number of hydrogen-bond donors (Lipinski definition) is 0. The Bertz CT molecular complexity index is 964. The van der Waals surface area contributed by atoms with Gasteiger partial charge in [0.05, 0.1) is 0 Å². The molecular formula is C19H18FN7O. The number of aromatic nitrogens is 5. The van der Waals surface area contributed by atoms with Gasteiger partial charge in [0.25, 0.3) is 0 Å². The Morgan fingerprint density at radius 2 is 1.75 bits per heavy atom. The molecule has 8 nitrogen and oxygen atoms in total. The maximum absolute atomic E-state index is 12.9. The second-order valence-electron chi connectivity index (χ2n) is 6.27. The van der Waals surface area contributed by atoms with Crippen molar-refractivity contribution in [3.63, 3.8) is 0 Å². The summed E-state index contributed by atoms with van der Waals surface area (Å²) < 4.78 is 14.5. The summed E-state index contributed by atoms with van der Waals surface area (Å²) in [4.78, 5) is 28.7. The van der Waals surface area contributed by atoms with Crippen LogP contribution >= 0.6 is 0 Å². The average molecular weight is 379 g/mol. The molecule has 3 heterocycles. The van der Waals surface area contributed by atoms with E-state index in [9.17, 15) is 9.18 Å². The smallest absolute Gasteiger partial charge is 0.246 e. The lowest BCUT2D eigenvalue weighted by Crippen LogP contribution is -2.48. The van der Waals surface area contributed by atoms with E-state index in [1.165, 1.54) is 30.9 Å². The fraction of sp³-hybridized carbons (Fsp3) is 0.211. The topological polar surface area (TPSA) is 80.0 Å². The van der Waals surface area contributed by atoms with Gasteiger partial charge in [-0.15, -0.1) is 0 Å². The van der Waals surface area contributed by atoms with Crippen molar-refractivity contribution in [1.82, 2.24) is 29.6 Å². The summed E-state index contributed by atoms with van der Waals surface area (Å²) >= 11 is 0. The molecule has 2 aromatic heterocycles. The van der Waals surface area contributed by atoms with Crippen LogP contribution in [0.25, 0.3) is 11.9 Å². The van der Waals surface area contributed by atoms with Gasteiger partial charge in [-0.2, -0.15) is 5.10 Å². The lowest BCUT2D eigenvalue weighted by Gasteiger charge is -2.34. The van der Waals surface area contributed by atoms with E-state index in [4.69, 9.17) is 0 Å². The van der Waals surface area contributed by atoms with E-state index in [1.807, 2.05) is 6.07 Å². The molecule has 1 aliphatic heterocycles. The van der Waals surface area contributed by atoms with Gasteiger partial charge >= 0.3 is 0 Å². The van der Waals surface area contributed by atoms with Crippen LogP contribution in [0.2, 0.25) is 0 Å². The quantitative estimate of drug-likeness (QED) is 0.640. The van der Waals surface area contributed by atoms with Crippen LogP contribution in [0.5, 0.6) is 0 Å². The highest BCUT2D eigenvalue weighted by atomic mass is 19.1. The standard InChI is InChI=1S/C19H18FN7O/c20-16-4-1-15(2-5-16)3-6-19(28)26-9-7-25(8-10-26)17-11-18(23-13-22-17)27-14-21-12-24-27/h1-6,11-14H,7-10H2/b6-3+. The highest BCUT2D eigenvalue weighted by molar-refractivity contribution is 5.91. The number of hydrogen-bond acceptors (Lipinski definition) is 6. The van der Waals surface area contributed by atoms with Crippen molar-refractivity contribution in [2.75, 3.05) is 31.1 Å². The van der Waals surface area contributed by atoms with Crippen LogP contribution in [-0.2, 0) is 4.79 Å². The molecule has 1 aromatic carbocycles. The van der Waals surface area contributed by atoms with Crippen LogP contribution in [0.15, 0.2) is 55.4 Å². The number of benzene rings is 1. The van der Waals surface area contributed by atoms with E-state index >= 15 is 0 Å². The van der Waals surface area contributed by atoms with Gasteiger partial charge in [0.15, 0.2) is 5.82 Å². The molecule has 0 radical (unpaired) electrons. The van der Waals surface area contributed by atoms with Crippen LogP contribution in [0.4, 0.5) is 10.2 Å². The minimum atomic E-state index is -0.295. The molecule has 0 spiro atoms. The SMILES string of the molecule is O=C(/C=C/c1ccc(F)cc1)N1CCN(c2cc(-n3cncn3)ncn2)CC1. The maximum atomic E-state index is 12.9. The molecule has 1 saturated heterocycles. The van der Waals surface area contributed by atoms with E-state index in [0.717, 1.165) is 11.4 Å². The Morgan fingerprint density at radius 3 is 2.46 bits per heavy atom. The number of carbonyl (C=O) groups is 1. The maximum Gasteiger partial charge on any atom is 0.246 e. The minimum Gasteiger partial charge on any atom is -0.353 e. The van der Waals surface area contributed by atoms with Crippen molar-refractivity contribution < 1.29 is 9.18 Å². The lowest BCUT2D eigenvalue weighted by molar-refractivity contribution is -0.126. The van der Waals surface area contributed by atoms with E-state index in [0.29, 0.717) is 32.0 Å². The molecule has 0 aliphatic carbocycles. The van der Waals surface area contributed by atoms with E-state index in [1.54, 1.807) is 34.1 Å². The summed E-state index contributed by atoms with van der Waals surface area (Å²) in [6.45, 7) is 2.53. The zero-order valence-corrected chi connectivity index (χ0v) is 15.0. The number of anilines is 1. The van der Waals surface area contributed by atoms with Gasteiger partial charge < -0.3 is 9.80 Å². The molecule has 4 rings (SSSR count). The number of halogens is 1. The van der Waals surface area contributed by atoms with E-state index < -0.39 is 0 Å². The summed E-state index contributed by atoms with van der Waals surface area (Å²) in [5.41, 5.74) is 0.787. The van der Waals surface area contributed by atoms with Crippen molar-refractivity contribution in [3.05, 3.63) is 66.8 Å². The molecule has 0 saturated carbocycles. The first-order valence-electron chi connectivity index (χ1n) is 8.83. The van der Waals surface area contributed by atoms with E-state index in [2.05, 4.69) is 25.0 Å².